The fourth-order valence-corrected chi connectivity index (χ4v) is 10.2. The number of hydrogen-bond acceptors (Lipinski definition) is 9. The second-order valence-corrected chi connectivity index (χ2v) is 17.7. The molecule has 5 rings (SSSR count). The molecule has 0 bridgehead atoms. The number of quaternary nitrogens is 1. The van der Waals surface area contributed by atoms with Gasteiger partial charge in [0, 0.05) is 32.0 Å². The van der Waals surface area contributed by atoms with Gasteiger partial charge in [0.25, 0.3) is 0 Å². The Morgan fingerprint density at radius 1 is 0.911 bits per heavy atom. The van der Waals surface area contributed by atoms with Gasteiger partial charge in [-0.15, -0.1) is 0 Å². The van der Waals surface area contributed by atoms with Gasteiger partial charge in [0.2, 0.25) is 5.91 Å². The summed E-state index contributed by atoms with van der Waals surface area (Å²) in [4.78, 5) is 36.5. The van der Waals surface area contributed by atoms with Crippen molar-refractivity contribution in [2.24, 2.45) is 16.6 Å². The standard InChI is InChI=1S/C45H80N6O5/c1-3-4-23-38-27-29-44(56-38)35-37-25-26-39-41(45(28-20-22-36(2)55-45)49-43(48-44)51(37)39)42(53)54-34-19-15-13-11-9-7-5-6-8-10-12-14-16-24-40(52)50(33-21-31-47)32-18-17-30-46/h4,23,36-39,41H,3,5-22,24-35,46-47H2,1-2H3,(H,48,49)/p+1/b23-4+/t36-,37+,38+,39-,41-,44+,45-/m0/s1. The van der Waals surface area contributed by atoms with Crippen LogP contribution in [0.2, 0.25) is 0 Å². The maximum absolute atomic E-state index is 14.0. The third-order valence-corrected chi connectivity index (χ3v) is 13.2. The fourth-order valence-electron chi connectivity index (χ4n) is 10.2. The number of allylic oxidation sites excluding steroid dienone is 1. The van der Waals surface area contributed by atoms with E-state index in [0.29, 0.717) is 31.5 Å². The molecular formula is C45H81N6O5+. The number of rotatable bonds is 26. The Balaban J connectivity index is 0.938. The summed E-state index contributed by atoms with van der Waals surface area (Å²) < 4.78 is 19.5. The molecule has 5 aliphatic rings. The van der Waals surface area contributed by atoms with Gasteiger partial charge in [0.15, 0.2) is 11.7 Å². The van der Waals surface area contributed by atoms with Gasteiger partial charge in [-0.1, -0.05) is 89.7 Å². The van der Waals surface area contributed by atoms with Gasteiger partial charge in [-0.05, 0) is 96.9 Å². The summed E-state index contributed by atoms with van der Waals surface area (Å²) in [5.41, 5.74) is 8.34. The number of carbonyl (C=O) groups is 2. The Labute approximate surface area is 339 Å². The molecule has 1 amide bonds. The zero-order chi connectivity index (χ0) is 39.6. The molecule has 0 unspecified atom stereocenters. The highest BCUT2D eigenvalue weighted by Gasteiger charge is 2.62. The van der Waals surface area contributed by atoms with E-state index < -0.39 is 17.4 Å². The summed E-state index contributed by atoms with van der Waals surface area (Å²) in [5.74, 6) is 0.659. The molecule has 7 atom stereocenters. The Kier molecular flexibility index (Phi) is 18.8. The van der Waals surface area contributed by atoms with Crippen LogP contribution in [0.4, 0.5) is 0 Å². The van der Waals surface area contributed by atoms with Crippen molar-refractivity contribution in [3.8, 4) is 0 Å². The lowest BCUT2D eigenvalue weighted by molar-refractivity contribution is -0.368. The molecule has 2 spiro atoms. The number of nitrogens with zero attached hydrogens (tertiary/aromatic N) is 3. The van der Waals surface area contributed by atoms with Gasteiger partial charge in [0.1, 0.15) is 11.6 Å². The molecule has 11 heteroatoms. The highest BCUT2D eigenvalue weighted by Crippen LogP contribution is 2.50. The SMILES string of the molecule is CC/C=C/[C@@H]1CC[C@]2(C[C@H]3CC[C@H]4[C@@H](C(=O)OCCCCCCCCCCCCCCCC(=O)N(CCCN)CCCC[NH3+])[C@@]5(CCC[C@H](C)O5)N=C(N2)N34)O1. The third-order valence-electron chi connectivity index (χ3n) is 13.2. The van der Waals surface area contributed by atoms with Crippen molar-refractivity contribution in [3.63, 3.8) is 0 Å². The van der Waals surface area contributed by atoms with Crippen LogP contribution in [-0.2, 0) is 23.8 Å². The normalized spacial score (nSPS) is 29.5. The molecule has 0 radical (unpaired) electrons. The van der Waals surface area contributed by atoms with Crippen molar-refractivity contribution in [2.75, 3.05) is 32.8 Å². The van der Waals surface area contributed by atoms with Crippen LogP contribution >= 0.6 is 0 Å². The molecule has 4 fully saturated rings. The molecule has 6 N–H and O–H groups in total. The number of unbranched alkanes of at least 4 members (excludes halogenated alkanes) is 13. The second-order valence-electron chi connectivity index (χ2n) is 17.7. The molecule has 0 aliphatic carbocycles. The maximum atomic E-state index is 14.0. The van der Waals surface area contributed by atoms with Crippen molar-refractivity contribution >= 4 is 17.8 Å². The van der Waals surface area contributed by atoms with E-state index in [9.17, 15) is 9.59 Å². The first-order valence-electron chi connectivity index (χ1n) is 23.5. The summed E-state index contributed by atoms with van der Waals surface area (Å²) in [6.07, 6.45) is 32.6. The molecule has 0 aromatic carbocycles. The van der Waals surface area contributed by atoms with Crippen LogP contribution < -0.4 is 16.8 Å². The number of carbonyl (C=O) groups excluding carboxylic acids is 2. The van der Waals surface area contributed by atoms with Gasteiger partial charge in [-0.2, -0.15) is 0 Å². The lowest BCUT2D eigenvalue weighted by Gasteiger charge is -2.54. The van der Waals surface area contributed by atoms with E-state index in [1.165, 1.54) is 57.8 Å². The Morgan fingerprint density at radius 3 is 2.29 bits per heavy atom. The predicted octanol–water partition coefficient (Wildman–Crippen LogP) is 7.13. The predicted molar refractivity (Wildman–Crippen MR) is 224 cm³/mol. The van der Waals surface area contributed by atoms with Crippen LogP contribution in [0.5, 0.6) is 0 Å². The molecule has 56 heavy (non-hydrogen) atoms. The van der Waals surface area contributed by atoms with Crippen LogP contribution in [0, 0.1) is 5.92 Å². The monoisotopic (exact) mass is 786 g/mol. The third kappa shape index (κ3) is 12.6. The summed E-state index contributed by atoms with van der Waals surface area (Å²) >= 11 is 0. The largest absolute Gasteiger partial charge is 0.465 e. The summed E-state index contributed by atoms with van der Waals surface area (Å²) in [6, 6.07) is 0.363. The van der Waals surface area contributed by atoms with Crippen molar-refractivity contribution in [1.29, 1.82) is 0 Å². The first-order valence-corrected chi connectivity index (χ1v) is 23.5. The lowest BCUT2D eigenvalue weighted by Crippen LogP contribution is -2.70. The summed E-state index contributed by atoms with van der Waals surface area (Å²) in [6.45, 7) is 7.98. The van der Waals surface area contributed by atoms with E-state index in [-0.39, 0.29) is 24.2 Å². The zero-order valence-corrected chi connectivity index (χ0v) is 35.6. The van der Waals surface area contributed by atoms with E-state index in [1.54, 1.807) is 0 Å². The minimum Gasteiger partial charge on any atom is -0.465 e. The molecule has 11 nitrogen and oxygen atoms in total. The quantitative estimate of drug-likeness (QED) is 0.0477. The van der Waals surface area contributed by atoms with Gasteiger partial charge < -0.3 is 40.8 Å². The molecular weight excluding hydrogens is 705 g/mol. The van der Waals surface area contributed by atoms with Crippen molar-refractivity contribution in [3.05, 3.63) is 12.2 Å². The van der Waals surface area contributed by atoms with E-state index in [4.69, 9.17) is 24.9 Å². The summed E-state index contributed by atoms with van der Waals surface area (Å²) in [5, 5.41) is 3.77. The highest BCUT2D eigenvalue weighted by atomic mass is 16.6. The van der Waals surface area contributed by atoms with Crippen LogP contribution in [0.25, 0.3) is 0 Å². The number of nitrogens with two attached hydrogens (primary N) is 1. The van der Waals surface area contributed by atoms with E-state index >= 15 is 0 Å². The average molecular weight is 786 g/mol. The van der Waals surface area contributed by atoms with Gasteiger partial charge in [-0.3, -0.25) is 9.59 Å². The Morgan fingerprint density at radius 2 is 1.61 bits per heavy atom. The number of esters is 1. The summed E-state index contributed by atoms with van der Waals surface area (Å²) in [7, 11) is 0. The molecule has 0 aromatic rings. The van der Waals surface area contributed by atoms with Crippen LogP contribution in [0.3, 0.4) is 0 Å². The Hall–Kier alpha value is -2.21. The average Bonchev–Trinajstić information content (AvgIpc) is 3.78. The minimum atomic E-state index is -0.870. The van der Waals surface area contributed by atoms with Crippen LogP contribution in [-0.4, -0.2) is 96.2 Å². The molecule has 0 saturated carbocycles. The van der Waals surface area contributed by atoms with Crippen LogP contribution in [0.15, 0.2) is 17.1 Å². The molecule has 4 saturated heterocycles. The van der Waals surface area contributed by atoms with Gasteiger partial charge in [-0.25, -0.2) is 4.99 Å². The molecule has 320 valence electrons. The molecule has 5 aliphatic heterocycles. The number of nitrogens with one attached hydrogen (secondary N) is 1. The zero-order valence-electron chi connectivity index (χ0n) is 35.6. The van der Waals surface area contributed by atoms with E-state index in [2.05, 4.69) is 41.9 Å². The first-order chi connectivity index (χ1) is 27.3. The van der Waals surface area contributed by atoms with Crippen LogP contribution in [0.1, 0.15) is 181 Å². The van der Waals surface area contributed by atoms with Gasteiger partial charge >= 0.3 is 5.97 Å². The highest BCUT2D eigenvalue weighted by molar-refractivity contribution is 5.87. The first kappa shape index (κ1) is 44.9. The number of amides is 1. The minimum absolute atomic E-state index is 0.0458. The molecule has 0 aromatic heterocycles. The fraction of sp³-hybridized carbons (Fsp3) is 0.889. The smallest absolute Gasteiger partial charge is 0.316 e. The number of aliphatic imine (C=N–C) groups is 1. The molecule has 5 heterocycles. The van der Waals surface area contributed by atoms with E-state index in [1.807, 2.05) is 4.90 Å². The number of ether oxygens (including phenoxy) is 3. The van der Waals surface area contributed by atoms with E-state index in [0.717, 1.165) is 128 Å². The lowest BCUT2D eigenvalue weighted by atomic mass is 9.80. The number of guanidine groups is 1. The maximum Gasteiger partial charge on any atom is 0.316 e. The number of hydrogen-bond donors (Lipinski definition) is 3. The van der Waals surface area contributed by atoms with Gasteiger partial charge in [0.05, 0.1) is 31.4 Å². The van der Waals surface area contributed by atoms with Crippen molar-refractivity contribution in [1.82, 2.24) is 15.1 Å². The van der Waals surface area contributed by atoms with Crippen molar-refractivity contribution in [2.45, 2.75) is 217 Å². The second kappa shape index (κ2) is 23.4. The van der Waals surface area contributed by atoms with Crippen molar-refractivity contribution < 1.29 is 29.5 Å². The Bertz CT molecular complexity index is 1250. The topological polar surface area (TPSA) is 146 Å².